The molecule has 0 radical (unpaired) electrons. The monoisotopic (exact) mass is 335 g/mol. The first-order valence-electron chi connectivity index (χ1n) is 7.77. The van der Waals surface area contributed by atoms with Crippen molar-refractivity contribution in [2.75, 3.05) is 34.9 Å². The predicted molar refractivity (Wildman–Crippen MR) is 94.5 cm³/mol. The van der Waals surface area contributed by atoms with Crippen molar-refractivity contribution in [3.8, 4) is 0 Å². The average molecular weight is 336 g/mol. The minimum Gasteiger partial charge on any atom is -0.398 e. The van der Waals surface area contributed by atoms with Crippen molar-refractivity contribution in [2.24, 2.45) is 0 Å². The van der Waals surface area contributed by atoms with Gasteiger partial charge in [0.25, 0.3) is 0 Å². The Balaban J connectivity index is 3.67. The number of carbonyl (C=O) groups excluding carboxylic acids is 1. The third kappa shape index (κ3) is 11.4. The largest absolute Gasteiger partial charge is 0.398 e. The predicted octanol–water partition coefficient (Wildman–Crippen LogP) is 3.12. The second kappa shape index (κ2) is 11.7. The molecule has 0 amide bonds. The standard InChI is InChI=1S/C15H33NO3SSi/c1-16(2)12-11-14(17)8-6-9-15(20)10-7-13-21(5,18-3)19-4/h15,20H,6-13H2,1-5H3. The summed E-state index contributed by atoms with van der Waals surface area (Å²) < 4.78 is 10.9. The number of thiol groups is 1. The van der Waals surface area contributed by atoms with Crippen LogP contribution in [0.2, 0.25) is 12.6 Å². The van der Waals surface area contributed by atoms with Crippen LogP contribution in [0.4, 0.5) is 0 Å². The Morgan fingerprint density at radius 1 is 1.14 bits per heavy atom. The topological polar surface area (TPSA) is 38.8 Å². The second-order valence-electron chi connectivity index (χ2n) is 6.07. The average Bonchev–Trinajstić information content (AvgIpc) is 2.44. The van der Waals surface area contributed by atoms with Crippen LogP contribution in [0.5, 0.6) is 0 Å². The molecule has 4 nitrogen and oxygen atoms in total. The fourth-order valence-corrected chi connectivity index (χ4v) is 3.89. The van der Waals surface area contributed by atoms with Crippen LogP contribution >= 0.6 is 12.6 Å². The molecule has 0 saturated carbocycles. The first-order valence-corrected chi connectivity index (χ1v) is 10.8. The third-order valence-electron chi connectivity index (χ3n) is 3.86. The van der Waals surface area contributed by atoms with E-state index in [1.807, 2.05) is 19.0 Å². The van der Waals surface area contributed by atoms with Crippen LogP contribution in [0, 0.1) is 0 Å². The summed E-state index contributed by atoms with van der Waals surface area (Å²) in [6, 6.07) is 0.999. The molecule has 21 heavy (non-hydrogen) atoms. The van der Waals surface area contributed by atoms with Gasteiger partial charge in [-0.1, -0.05) is 6.42 Å². The Hall–Kier alpha value is 0.117. The molecule has 0 aliphatic rings. The first-order chi connectivity index (χ1) is 9.83. The number of rotatable bonds is 13. The zero-order valence-electron chi connectivity index (χ0n) is 14.4. The van der Waals surface area contributed by atoms with Gasteiger partial charge in [-0.3, -0.25) is 4.79 Å². The Kier molecular flexibility index (Phi) is 11.7. The molecule has 0 spiro atoms. The van der Waals surface area contributed by atoms with Crippen molar-refractivity contribution in [2.45, 2.75) is 56.4 Å². The zero-order valence-corrected chi connectivity index (χ0v) is 16.2. The summed E-state index contributed by atoms with van der Waals surface area (Å²) in [4.78, 5) is 13.7. The van der Waals surface area contributed by atoms with Crippen LogP contribution in [0.3, 0.4) is 0 Å². The molecule has 0 heterocycles. The fourth-order valence-electron chi connectivity index (χ4n) is 2.10. The Bertz CT molecular complexity index is 286. The lowest BCUT2D eigenvalue weighted by Gasteiger charge is -2.23. The van der Waals surface area contributed by atoms with Gasteiger partial charge in [-0.2, -0.15) is 12.6 Å². The lowest BCUT2D eigenvalue weighted by Crippen LogP contribution is -2.35. The molecular formula is C15H33NO3SSi. The SMILES string of the molecule is CO[Si](C)(CCCC(S)CCCC(=O)CCN(C)C)OC. The maximum atomic E-state index is 11.7. The summed E-state index contributed by atoms with van der Waals surface area (Å²) in [7, 11) is 5.52. The van der Waals surface area contributed by atoms with Gasteiger partial charge in [-0.05, 0) is 45.9 Å². The van der Waals surface area contributed by atoms with E-state index in [1.54, 1.807) is 14.2 Å². The van der Waals surface area contributed by atoms with E-state index in [9.17, 15) is 4.79 Å². The van der Waals surface area contributed by atoms with E-state index in [4.69, 9.17) is 8.85 Å². The minimum atomic E-state index is -1.93. The van der Waals surface area contributed by atoms with Gasteiger partial charge in [-0.15, -0.1) is 0 Å². The maximum Gasteiger partial charge on any atom is 0.334 e. The van der Waals surface area contributed by atoms with Crippen molar-refractivity contribution >= 4 is 27.0 Å². The van der Waals surface area contributed by atoms with Crippen LogP contribution in [-0.4, -0.2) is 59.4 Å². The molecule has 0 rings (SSSR count). The van der Waals surface area contributed by atoms with E-state index in [2.05, 4.69) is 19.2 Å². The van der Waals surface area contributed by atoms with E-state index >= 15 is 0 Å². The normalized spacial score (nSPS) is 13.7. The Morgan fingerprint density at radius 3 is 2.24 bits per heavy atom. The third-order valence-corrected chi connectivity index (χ3v) is 7.37. The number of nitrogens with zero attached hydrogens (tertiary/aromatic N) is 1. The smallest absolute Gasteiger partial charge is 0.334 e. The van der Waals surface area contributed by atoms with E-state index in [1.165, 1.54) is 0 Å². The lowest BCUT2D eigenvalue weighted by molar-refractivity contribution is -0.119. The number of carbonyl (C=O) groups is 1. The number of ketones is 1. The quantitative estimate of drug-likeness (QED) is 0.415. The summed E-state index contributed by atoms with van der Waals surface area (Å²) in [5, 5.41) is 0.374. The molecule has 0 N–H and O–H groups in total. The highest BCUT2D eigenvalue weighted by molar-refractivity contribution is 7.80. The number of hydrogen-bond acceptors (Lipinski definition) is 5. The van der Waals surface area contributed by atoms with Gasteiger partial charge < -0.3 is 13.8 Å². The molecule has 0 aliphatic heterocycles. The van der Waals surface area contributed by atoms with Crippen molar-refractivity contribution in [1.29, 1.82) is 0 Å². The Labute approximate surface area is 137 Å². The molecule has 0 bridgehead atoms. The highest BCUT2D eigenvalue weighted by Gasteiger charge is 2.27. The molecule has 1 atom stereocenters. The Morgan fingerprint density at radius 2 is 1.71 bits per heavy atom. The second-order valence-corrected chi connectivity index (χ2v) is 10.4. The molecule has 126 valence electrons. The van der Waals surface area contributed by atoms with Gasteiger partial charge in [0, 0.05) is 38.9 Å². The van der Waals surface area contributed by atoms with Crippen LogP contribution in [0.25, 0.3) is 0 Å². The van der Waals surface area contributed by atoms with E-state index in [-0.39, 0.29) is 0 Å². The summed E-state index contributed by atoms with van der Waals surface area (Å²) in [6.45, 7) is 2.93. The molecule has 1 unspecified atom stereocenters. The van der Waals surface area contributed by atoms with Crippen molar-refractivity contribution in [3.63, 3.8) is 0 Å². The first kappa shape index (κ1) is 21.1. The number of hydrogen-bond donors (Lipinski definition) is 1. The van der Waals surface area contributed by atoms with E-state index in [0.717, 1.165) is 38.3 Å². The summed E-state index contributed by atoms with van der Waals surface area (Å²) in [5.74, 6) is 0.364. The van der Waals surface area contributed by atoms with Crippen LogP contribution in [0.1, 0.15) is 38.5 Å². The summed E-state index contributed by atoms with van der Waals surface area (Å²) >= 11 is 4.62. The molecule has 0 fully saturated rings. The van der Waals surface area contributed by atoms with Crippen molar-refractivity contribution in [1.82, 2.24) is 4.90 Å². The molecule has 0 aliphatic carbocycles. The van der Waals surface area contributed by atoms with Gasteiger partial charge in [0.2, 0.25) is 0 Å². The lowest BCUT2D eigenvalue weighted by atomic mass is 10.1. The summed E-state index contributed by atoms with van der Waals surface area (Å²) in [5.41, 5.74) is 0. The summed E-state index contributed by atoms with van der Waals surface area (Å²) in [6.07, 6.45) is 5.44. The van der Waals surface area contributed by atoms with Crippen LogP contribution in [0.15, 0.2) is 0 Å². The van der Waals surface area contributed by atoms with Gasteiger partial charge in [0.05, 0.1) is 0 Å². The van der Waals surface area contributed by atoms with E-state index < -0.39 is 8.56 Å². The van der Waals surface area contributed by atoms with Gasteiger partial charge in [0.15, 0.2) is 0 Å². The van der Waals surface area contributed by atoms with Gasteiger partial charge in [-0.25, -0.2) is 0 Å². The zero-order chi connectivity index (χ0) is 16.3. The van der Waals surface area contributed by atoms with Crippen LogP contribution in [-0.2, 0) is 13.6 Å². The maximum absolute atomic E-state index is 11.7. The minimum absolute atomic E-state index is 0.364. The van der Waals surface area contributed by atoms with E-state index in [0.29, 0.717) is 23.9 Å². The highest BCUT2D eigenvalue weighted by atomic mass is 32.1. The fraction of sp³-hybridized carbons (Fsp3) is 0.933. The van der Waals surface area contributed by atoms with Gasteiger partial charge >= 0.3 is 8.56 Å². The highest BCUT2D eigenvalue weighted by Crippen LogP contribution is 2.20. The van der Waals surface area contributed by atoms with Crippen LogP contribution < -0.4 is 0 Å². The molecule has 0 aromatic heterocycles. The molecular weight excluding hydrogens is 302 g/mol. The molecule has 0 aromatic rings. The van der Waals surface area contributed by atoms with Gasteiger partial charge in [0.1, 0.15) is 5.78 Å². The number of Topliss-reactive ketones (excluding diaryl/α,β-unsaturated/α-hetero) is 1. The molecule has 0 saturated heterocycles. The van der Waals surface area contributed by atoms with Crippen molar-refractivity contribution < 1.29 is 13.6 Å². The molecule has 0 aromatic carbocycles. The van der Waals surface area contributed by atoms with Crippen molar-refractivity contribution in [3.05, 3.63) is 0 Å². The molecule has 6 heteroatoms.